The minimum atomic E-state index is -1.15. The quantitative estimate of drug-likeness (QED) is 0.859. The summed E-state index contributed by atoms with van der Waals surface area (Å²) in [5.41, 5.74) is 0.221. The van der Waals surface area contributed by atoms with Crippen LogP contribution in [0.25, 0.3) is 10.9 Å². The van der Waals surface area contributed by atoms with E-state index >= 15 is 0 Å². The molecule has 0 saturated heterocycles. The number of rotatable bonds is 1. The highest BCUT2D eigenvalue weighted by Crippen LogP contribution is 2.32. The molecule has 1 heterocycles. The predicted octanol–water partition coefficient (Wildman–Crippen LogP) is 3.89. The van der Waals surface area contributed by atoms with E-state index in [1.165, 1.54) is 18.2 Å². The summed E-state index contributed by atoms with van der Waals surface area (Å²) in [5.74, 6) is -1.15. The Bertz CT molecular complexity index is 598. The molecule has 3 nitrogen and oxygen atoms in total. The van der Waals surface area contributed by atoms with Crippen LogP contribution in [0.5, 0.6) is 0 Å². The molecule has 0 aliphatic rings. The number of benzene rings is 1. The molecule has 16 heavy (non-hydrogen) atoms. The molecule has 1 N–H and O–H groups in total. The van der Waals surface area contributed by atoms with Gasteiger partial charge in [-0.05, 0) is 18.2 Å². The molecule has 6 heteroatoms. The lowest BCUT2D eigenvalue weighted by Crippen LogP contribution is -2.00. The van der Waals surface area contributed by atoms with Gasteiger partial charge in [0.2, 0.25) is 0 Å². The monoisotopic (exact) mass is 275 g/mol. The van der Waals surface area contributed by atoms with Gasteiger partial charge in [-0.15, -0.1) is 0 Å². The average Bonchev–Trinajstić information content (AvgIpc) is 2.15. The van der Waals surface area contributed by atoms with Gasteiger partial charge in [0.15, 0.2) is 0 Å². The van der Waals surface area contributed by atoms with Crippen LogP contribution in [0, 0.1) is 0 Å². The first-order valence-electron chi connectivity index (χ1n) is 4.17. The highest BCUT2D eigenvalue weighted by molar-refractivity contribution is 6.43. The number of carbonyl (C=O) groups is 1. The second kappa shape index (κ2) is 4.09. The third kappa shape index (κ3) is 1.94. The second-order valence-electron chi connectivity index (χ2n) is 3.08. The fourth-order valence-corrected chi connectivity index (χ4v) is 2.28. The van der Waals surface area contributed by atoms with Crippen LogP contribution in [-0.2, 0) is 0 Å². The van der Waals surface area contributed by atoms with E-state index in [4.69, 9.17) is 39.9 Å². The van der Waals surface area contributed by atoms with E-state index in [2.05, 4.69) is 4.98 Å². The maximum atomic E-state index is 10.8. The van der Waals surface area contributed by atoms with Crippen molar-refractivity contribution in [1.82, 2.24) is 4.98 Å². The first kappa shape index (κ1) is 11.5. The number of halogens is 3. The van der Waals surface area contributed by atoms with Gasteiger partial charge in [-0.1, -0.05) is 34.8 Å². The van der Waals surface area contributed by atoms with Gasteiger partial charge in [-0.3, -0.25) is 0 Å². The van der Waals surface area contributed by atoms with E-state index in [1.54, 1.807) is 0 Å². The molecule has 2 aromatic rings. The fourth-order valence-electron chi connectivity index (χ4n) is 1.35. The lowest BCUT2D eigenvalue weighted by molar-refractivity contribution is 0.0691. The Balaban J connectivity index is 2.87. The Morgan fingerprint density at radius 1 is 1.12 bits per heavy atom. The van der Waals surface area contributed by atoms with E-state index < -0.39 is 5.97 Å². The molecule has 0 saturated carbocycles. The molecular weight excluding hydrogens is 272 g/mol. The minimum absolute atomic E-state index is 0.143. The smallest absolute Gasteiger partial charge is 0.354 e. The maximum absolute atomic E-state index is 10.8. The predicted molar refractivity (Wildman–Crippen MR) is 63.7 cm³/mol. The topological polar surface area (TPSA) is 50.2 Å². The molecule has 2 rings (SSSR count). The number of carboxylic acids is 1. The van der Waals surface area contributed by atoms with E-state index in [0.29, 0.717) is 20.9 Å². The highest BCUT2D eigenvalue weighted by Gasteiger charge is 2.12. The van der Waals surface area contributed by atoms with Crippen molar-refractivity contribution < 1.29 is 9.90 Å². The molecule has 1 aromatic carbocycles. The first-order valence-corrected chi connectivity index (χ1v) is 5.31. The Labute approximate surface area is 106 Å². The number of hydrogen-bond acceptors (Lipinski definition) is 2. The zero-order valence-corrected chi connectivity index (χ0v) is 9.94. The zero-order chi connectivity index (χ0) is 11.9. The average molecular weight is 277 g/mol. The number of nitrogens with zero attached hydrogens (tertiary/aromatic N) is 1. The van der Waals surface area contributed by atoms with Gasteiger partial charge in [0.25, 0.3) is 0 Å². The Hall–Kier alpha value is -1.03. The van der Waals surface area contributed by atoms with Crippen LogP contribution in [0.3, 0.4) is 0 Å². The van der Waals surface area contributed by atoms with Gasteiger partial charge in [-0.25, -0.2) is 9.78 Å². The van der Waals surface area contributed by atoms with E-state index in [1.807, 2.05) is 0 Å². The molecule has 0 bridgehead atoms. The van der Waals surface area contributed by atoms with Crippen LogP contribution in [0.15, 0.2) is 18.2 Å². The summed E-state index contributed by atoms with van der Waals surface area (Å²) >= 11 is 17.7. The Morgan fingerprint density at radius 3 is 2.38 bits per heavy atom. The van der Waals surface area contributed by atoms with Crippen molar-refractivity contribution in [3.63, 3.8) is 0 Å². The van der Waals surface area contributed by atoms with Gasteiger partial charge in [0.05, 0.1) is 15.6 Å². The van der Waals surface area contributed by atoms with Crippen LogP contribution in [0.2, 0.25) is 15.1 Å². The van der Waals surface area contributed by atoms with Crippen LogP contribution >= 0.6 is 34.8 Å². The number of aromatic carboxylic acids is 1. The van der Waals surface area contributed by atoms with Crippen LogP contribution in [-0.4, -0.2) is 16.1 Å². The molecule has 0 aliphatic heterocycles. The van der Waals surface area contributed by atoms with Crippen molar-refractivity contribution in [2.75, 3.05) is 0 Å². The van der Waals surface area contributed by atoms with Gasteiger partial charge < -0.3 is 5.11 Å². The van der Waals surface area contributed by atoms with Gasteiger partial charge in [-0.2, -0.15) is 0 Å². The lowest BCUT2D eigenvalue weighted by Gasteiger charge is -2.04. The van der Waals surface area contributed by atoms with E-state index in [9.17, 15) is 4.79 Å². The van der Waals surface area contributed by atoms with Crippen molar-refractivity contribution in [3.05, 3.63) is 39.0 Å². The second-order valence-corrected chi connectivity index (χ2v) is 4.33. The van der Waals surface area contributed by atoms with Crippen molar-refractivity contribution >= 4 is 51.7 Å². The normalized spacial score (nSPS) is 10.7. The molecule has 0 atom stereocenters. The highest BCUT2D eigenvalue weighted by atomic mass is 35.5. The number of carboxylic acid groups (broad SMARTS) is 1. The van der Waals surface area contributed by atoms with Crippen LogP contribution < -0.4 is 0 Å². The SMILES string of the molecule is O=C(O)c1cc(Cl)c2c(Cl)cc(Cl)cc2n1. The molecule has 1 aromatic heterocycles. The number of pyridine rings is 1. The zero-order valence-electron chi connectivity index (χ0n) is 7.67. The summed E-state index contributed by atoms with van der Waals surface area (Å²) < 4.78 is 0. The molecule has 0 fully saturated rings. The summed E-state index contributed by atoms with van der Waals surface area (Å²) in [6.45, 7) is 0. The summed E-state index contributed by atoms with van der Waals surface area (Å²) in [5, 5.41) is 10.3. The lowest BCUT2D eigenvalue weighted by atomic mass is 10.2. The summed E-state index contributed by atoms with van der Waals surface area (Å²) in [6.07, 6.45) is 0. The maximum Gasteiger partial charge on any atom is 0.354 e. The standard InChI is InChI=1S/C10H4Cl3NO2/c11-4-1-5(12)9-6(13)3-8(10(15)16)14-7(9)2-4/h1-3H,(H,15,16). The molecular formula is C10H4Cl3NO2. The fraction of sp³-hybridized carbons (Fsp3) is 0. The van der Waals surface area contributed by atoms with Gasteiger partial charge >= 0.3 is 5.97 Å². The molecule has 0 aliphatic carbocycles. The van der Waals surface area contributed by atoms with Crippen molar-refractivity contribution in [2.45, 2.75) is 0 Å². The summed E-state index contributed by atoms with van der Waals surface area (Å²) in [4.78, 5) is 14.7. The Kier molecular flexibility index (Phi) is 2.93. The van der Waals surface area contributed by atoms with Gasteiger partial charge in [0.1, 0.15) is 5.69 Å². The van der Waals surface area contributed by atoms with Crippen molar-refractivity contribution in [1.29, 1.82) is 0 Å². The molecule has 0 unspecified atom stereocenters. The number of fused-ring (bicyclic) bond motifs is 1. The largest absolute Gasteiger partial charge is 0.477 e. The number of hydrogen-bond donors (Lipinski definition) is 1. The molecule has 82 valence electrons. The van der Waals surface area contributed by atoms with Crippen LogP contribution in [0.4, 0.5) is 0 Å². The summed E-state index contributed by atoms with van der Waals surface area (Å²) in [7, 11) is 0. The number of aromatic nitrogens is 1. The van der Waals surface area contributed by atoms with Crippen molar-refractivity contribution in [3.8, 4) is 0 Å². The van der Waals surface area contributed by atoms with Crippen molar-refractivity contribution in [2.24, 2.45) is 0 Å². The van der Waals surface area contributed by atoms with Crippen LogP contribution in [0.1, 0.15) is 10.5 Å². The third-order valence-corrected chi connectivity index (χ3v) is 2.81. The summed E-state index contributed by atoms with van der Waals surface area (Å²) in [6, 6.07) is 4.30. The molecule has 0 spiro atoms. The Morgan fingerprint density at radius 2 is 1.75 bits per heavy atom. The molecule has 0 amide bonds. The molecule has 0 radical (unpaired) electrons. The third-order valence-electron chi connectivity index (χ3n) is 2.00. The van der Waals surface area contributed by atoms with E-state index in [-0.39, 0.29) is 10.7 Å². The van der Waals surface area contributed by atoms with E-state index in [0.717, 1.165) is 0 Å². The first-order chi connectivity index (χ1) is 7.49. The minimum Gasteiger partial charge on any atom is -0.477 e. The van der Waals surface area contributed by atoms with Gasteiger partial charge in [0, 0.05) is 10.4 Å².